The first-order chi connectivity index (χ1) is 16.2. The number of alkyl halides is 2. The molecule has 1 N–H and O–H groups in total. The van der Waals surface area contributed by atoms with Gasteiger partial charge in [0, 0.05) is 0 Å². The van der Waals surface area contributed by atoms with Crippen LogP contribution in [0.4, 0.5) is 0 Å². The van der Waals surface area contributed by atoms with Crippen molar-refractivity contribution in [1.29, 1.82) is 0 Å². The summed E-state index contributed by atoms with van der Waals surface area (Å²) in [4.78, 5) is 23.8. The van der Waals surface area contributed by atoms with Crippen molar-refractivity contribution in [2.24, 2.45) is 5.92 Å². The Kier molecular flexibility index (Phi) is 12.5. The van der Waals surface area contributed by atoms with Crippen LogP contribution in [0.3, 0.4) is 0 Å². The largest absolute Gasteiger partial charge is 0.771 e. The van der Waals surface area contributed by atoms with Crippen molar-refractivity contribution in [2.45, 2.75) is 55.3 Å². The number of carboxylic acid groups (broad SMARTS) is 1. The Morgan fingerprint density at radius 2 is 1.49 bits per heavy atom. The highest BCUT2D eigenvalue weighted by Gasteiger charge is 2.44. The number of Topliss-reactive ketones (excluding diaryl/α,β-unsaturated/α-hetero) is 1. The standard InChI is InChI=1S/C16H21Cl2NO7S2.C7H8/c1-9(2)8-12(16(21)22)19(14(17)13(20)15(18)27(23)24)28(25,26)11-6-4-10(3)5-7-11;1-7-5-3-2-4-6-7/h4-7,9,12,14-15H,8H2,1-3H3,(H,21,22)(H,23,24);2-6H,1H3/p-1/t12-,14?,15?;/m0./s1. The molecule has 194 valence electrons. The summed E-state index contributed by atoms with van der Waals surface area (Å²) in [6.45, 7) is 7.13. The minimum Gasteiger partial charge on any atom is -0.771 e. The van der Waals surface area contributed by atoms with Crippen molar-refractivity contribution in [3.8, 4) is 0 Å². The van der Waals surface area contributed by atoms with E-state index in [0.29, 0.717) is 4.31 Å². The lowest BCUT2D eigenvalue weighted by molar-refractivity contribution is -0.142. The molecule has 0 saturated heterocycles. The van der Waals surface area contributed by atoms with E-state index in [1.165, 1.54) is 29.8 Å². The number of hydrogen-bond donors (Lipinski definition) is 1. The smallest absolute Gasteiger partial charge is 0.322 e. The maximum atomic E-state index is 13.1. The lowest BCUT2D eigenvalue weighted by Crippen LogP contribution is -2.53. The molecule has 0 heterocycles. The van der Waals surface area contributed by atoms with E-state index in [1.807, 2.05) is 18.2 Å². The summed E-state index contributed by atoms with van der Waals surface area (Å²) in [5.41, 5.74) is -0.0578. The van der Waals surface area contributed by atoms with Gasteiger partial charge in [-0.25, -0.2) is 8.42 Å². The van der Waals surface area contributed by atoms with Crippen LogP contribution in [0.25, 0.3) is 0 Å². The first-order valence-corrected chi connectivity index (χ1v) is 13.9. The summed E-state index contributed by atoms with van der Waals surface area (Å²) in [5.74, 6) is -3.16. The van der Waals surface area contributed by atoms with Crippen LogP contribution in [0.2, 0.25) is 0 Å². The highest BCUT2D eigenvalue weighted by Crippen LogP contribution is 2.28. The third kappa shape index (κ3) is 9.29. The molecule has 2 rings (SSSR count). The van der Waals surface area contributed by atoms with Crippen LogP contribution in [-0.4, -0.2) is 54.6 Å². The van der Waals surface area contributed by atoms with E-state index in [2.05, 4.69) is 19.1 Å². The number of benzene rings is 2. The molecular formula is C23H28Cl2NO7S2-. The molecule has 0 bridgehead atoms. The van der Waals surface area contributed by atoms with Gasteiger partial charge in [0.1, 0.15) is 6.04 Å². The summed E-state index contributed by atoms with van der Waals surface area (Å²) >= 11 is 8.42. The molecule has 35 heavy (non-hydrogen) atoms. The van der Waals surface area contributed by atoms with Crippen molar-refractivity contribution < 1.29 is 31.9 Å². The van der Waals surface area contributed by atoms with E-state index in [0.717, 1.165) is 5.56 Å². The fourth-order valence-electron chi connectivity index (χ4n) is 2.90. The van der Waals surface area contributed by atoms with Crippen molar-refractivity contribution in [3.05, 3.63) is 65.7 Å². The van der Waals surface area contributed by atoms with Gasteiger partial charge in [0.05, 0.1) is 4.90 Å². The molecule has 2 aromatic carbocycles. The minimum atomic E-state index is -4.57. The zero-order valence-electron chi connectivity index (χ0n) is 19.6. The molecule has 0 aliphatic rings. The van der Waals surface area contributed by atoms with Crippen molar-refractivity contribution >= 4 is 56.1 Å². The van der Waals surface area contributed by atoms with Crippen LogP contribution >= 0.6 is 23.2 Å². The van der Waals surface area contributed by atoms with Gasteiger partial charge in [-0.05, 0) is 49.4 Å². The van der Waals surface area contributed by atoms with Gasteiger partial charge in [-0.15, -0.1) is 11.6 Å². The zero-order valence-corrected chi connectivity index (χ0v) is 22.8. The van der Waals surface area contributed by atoms with Crippen molar-refractivity contribution in [2.75, 3.05) is 0 Å². The van der Waals surface area contributed by atoms with Crippen molar-refractivity contribution in [1.82, 2.24) is 4.31 Å². The molecule has 0 aromatic heterocycles. The Bertz CT molecular complexity index is 1110. The number of ketones is 1. The van der Waals surface area contributed by atoms with E-state index in [-0.39, 0.29) is 17.2 Å². The third-order valence-corrected chi connectivity index (χ3v) is 8.33. The minimum absolute atomic E-state index is 0.162. The van der Waals surface area contributed by atoms with Gasteiger partial charge in [0.15, 0.2) is 16.0 Å². The molecule has 0 aliphatic heterocycles. The van der Waals surface area contributed by atoms with Crippen LogP contribution in [0.5, 0.6) is 0 Å². The molecule has 0 amide bonds. The maximum Gasteiger partial charge on any atom is 0.322 e. The van der Waals surface area contributed by atoms with Gasteiger partial charge in [-0.1, -0.05) is 79.0 Å². The highest BCUT2D eigenvalue weighted by atomic mass is 35.5. The predicted octanol–water partition coefficient (Wildman–Crippen LogP) is 4.06. The van der Waals surface area contributed by atoms with Gasteiger partial charge in [0.25, 0.3) is 0 Å². The van der Waals surface area contributed by atoms with E-state index >= 15 is 0 Å². The Labute approximate surface area is 218 Å². The van der Waals surface area contributed by atoms with Crippen LogP contribution < -0.4 is 0 Å². The monoisotopic (exact) mass is 564 g/mol. The second-order valence-corrected chi connectivity index (χ2v) is 12.0. The molecule has 3 unspecified atom stereocenters. The van der Waals surface area contributed by atoms with E-state index < -0.39 is 49.1 Å². The molecule has 0 spiro atoms. The fraction of sp³-hybridized carbons (Fsp3) is 0.391. The Morgan fingerprint density at radius 1 is 1.00 bits per heavy atom. The molecule has 0 saturated carbocycles. The number of aliphatic carboxylic acids is 1. The average molecular weight is 566 g/mol. The number of rotatable bonds is 10. The van der Waals surface area contributed by atoms with Crippen LogP contribution in [0, 0.1) is 19.8 Å². The van der Waals surface area contributed by atoms with Crippen LogP contribution in [-0.2, 0) is 30.7 Å². The first-order valence-electron chi connectivity index (χ1n) is 10.4. The predicted molar refractivity (Wildman–Crippen MR) is 135 cm³/mol. The fourth-order valence-corrected chi connectivity index (χ4v) is 5.64. The van der Waals surface area contributed by atoms with Crippen LogP contribution in [0.1, 0.15) is 31.4 Å². The Morgan fingerprint density at radius 3 is 1.86 bits per heavy atom. The Balaban J connectivity index is 0.000000744. The summed E-state index contributed by atoms with van der Waals surface area (Å²) in [7, 11) is -4.57. The highest BCUT2D eigenvalue weighted by molar-refractivity contribution is 7.89. The normalized spacial score (nSPS) is 15.0. The molecule has 4 atom stereocenters. The Hall–Kier alpha value is -1.82. The number of hydrogen-bond acceptors (Lipinski definition) is 6. The van der Waals surface area contributed by atoms with Gasteiger partial charge in [0.2, 0.25) is 10.0 Å². The third-order valence-electron chi connectivity index (χ3n) is 4.67. The SMILES string of the molecule is Cc1ccc(S(=O)(=O)N(C(Cl)C(=O)C(Cl)S(=O)[O-])[C@@H](CC(C)C)C(=O)O)cc1.Cc1ccccc1. The van der Waals surface area contributed by atoms with Gasteiger partial charge in [-0.2, -0.15) is 4.31 Å². The number of carbonyl (C=O) groups is 2. The summed E-state index contributed by atoms with van der Waals surface area (Å²) in [6.07, 6.45) is -0.162. The van der Waals surface area contributed by atoms with Gasteiger partial charge >= 0.3 is 5.97 Å². The second-order valence-electron chi connectivity index (χ2n) is 8.10. The summed E-state index contributed by atoms with van der Waals surface area (Å²) < 4.78 is 46.5. The molecule has 12 heteroatoms. The molecule has 0 radical (unpaired) electrons. The number of carboxylic acids is 1. The number of sulfonamides is 1. The summed E-state index contributed by atoms with van der Waals surface area (Å²) in [6, 6.07) is 14.0. The summed E-state index contributed by atoms with van der Waals surface area (Å²) in [5, 5.41) is 9.59. The molecule has 8 nitrogen and oxygen atoms in total. The van der Waals surface area contributed by atoms with E-state index in [9.17, 15) is 31.9 Å². The quantitative estimate of drug-likeness (QED) is 0.261. The van der Waals surface area contributed by atoms with Crippen LogP contribution in [0.15, 0.2) is 59.5 Å². The zero-order chi connectivity index (χ0) is 26.9. The number of aryl methyl sites for hydroxylation is 2. The number of carbonyl (C=O) groups excluding carboxylic acids is 1. The molecule has 2 aromatic rings. The lowest BCUT2D eigenvalue weighted by atomic mass is 10.0. The lowest BCUT2D eigenvalue weighted by Gasteiger charge is -2.32. The molecule has 0 fully saturated rings. The van der Waals surface area contributed by atoms with E-state index in [1.54, 1.807) is 20.8 Å². The maximum absolute atomic E-state index is 13.1. The van der Waals surface area contributed by atoms with Gasteiger partial charge < -0.3 is 9.66 Å². The van der Waals surface area contributed by atoms with Gasteiger partial charge in [-0.3, -0.25) is 13.8 Å². The first kappa shape index (κ1) is 31.2. The topological polar surface area (TPSA) is 132 Å². The van der Waals surface area contributed by atoms with E-state index in [4.69, 9.17) is 23.2 Å². The molecular weight excluding hydrogens is 537 g/mol. The van der Waals surface area contributed by atoms with Crippen molar-refractivity contribution in [3.63, 3.8) is 0 Å². The number of nitrogens with zero attached hydrogens (tertiary/aromatic N) is 1. The second kappa shape index (κ2) is 14.1. The number of halogens is 2. The average Bonchev–Trinajstić information content (AvgIpc) is 2.78. The molecule has 0 aliphatic carbocycles.